The molecule has 51 heavy (non-hydrogen) atoms. The van der Waals surface area contributed by atoms with Gasteiger partial charge in [0.15, 0.2) is 24.9 Å². The molecule has 4 rings (SSSR count). The van der Waals surface area contributed by atoms with Gasteiger partial charge in [-0.15, -0.1) is 0 Å². The Morgan fingerprint density at radius 1 is 1.06 bits per heavy atom. The van der Waals surface area contributed by atoms with Crippen LogP contribution in [0.4, 0.5) is 23.8 Å². The number of pyridine rings is 1. The molecule has 1 aliphatic rings. The highest BCUT2D eigenvalue weighted by Gasteiger charge is 2.41. The van der Waals surface area contributed by atoms with Gasteiger partial charge in [0.25, 0.3) is 5.92 Å². The Morgan fingerprint density at radius 3 is 2.29 bits per heavy atom. The molecule has 4 heterocycles. The van der Waals surface area contributed by atoms with Crippen LogP contribution in [0.2, 0.25) is 23.3 Å². The van der Waals surface area contributed by atoms with E-state index in [1.54, 1.807) is 25.7 Å². The van der Waals surface area contributed by atoms with Crippen molar-refractivity contribution < 1.29 is 27.1 Å². The first-order valence-electron chi connectivity index (χ1n) is 17.2. The molecule has 2 atom stereocenters. The molecule has 3 aromatic heterocycles. The first-order chi connectivity index (χ1) is 23.3. The van der Waals surface area contributed by atoms with Crippen LogP contribution in [0.5, 0.6) is 0 Å². The number of fused-ring (bicyclic) bond motifs is 1. The third kappa shape index (κ3) is 9.02. The fourth-order valence-corrected chi connectivity index (χ4v) is 6.80. The van der Waals surface area contributed by atoms with E-state index in [4.69, 9.17) is 20.8 Å². The number of piperazine rings is 1. The van der Waals surface area contributed by atoms with E-state index in [9.17, 15) is 9.59 Å². The molecule has 0 unspecified atom stereocenters. The lowest BCUT2D eigenvalue weighted by Crippen LogP contribution is -2.59. The average molecular weight is 754 g/mol. The molecule has 1 amide bonds. The summed E-state index contributed by atoms with van der Waals surface area (Å²) in [7, 11) is -2.45. The van der Waals surface area contributed by atoms with E-state index in [1.165, 1.54) is 6.33 Å². The molecule has 16 heteroatoms. The highest BCUT2D eigenvalue weighted by Crippen LogP contribution is 2.38. The maximum absolute atomic E-state index is 15.4. The summed E-state index contributed by atoms with van der Waals surface area (Å²) < 4.78 is 58.6. The number of alkyl halides is 2. The number of aromatic nitrogens is 5. The van der Waals surface area contributed by atoms with Crippen LogP contribution in [0.3, 0.4) is 0 Å². The number of carbonyl (C=O) groups is 1. The fraction of sp³-hybridized carbons (Fsp3) is 0.657. The standard InChI is InChI=1S/C35H51ClF3N7O4Si/c1-20(2)26-27(25(40-19-41-26)13-14-35(38,39)18-49-51(11,12)34(8,9)10)46-30-23(15-24(37)28(36)42-30)29(43-31(46)47)44-16-22(4)45(17-21(44)3)32(48)50-33(5,6)7/h15,19-22H,13-14,16-18H2,1-12H3/t21-,22+/m0/s1. The Kier molecular flexibility index (Phi) is 11.6. The first-order valence-corrected chi connectivity index (χ1v) is 20.5. The number of ether oxygens (including phenoxy) is 1. The smallest absolute Gasteiger partial charge is 0.410 e. The van der Waals surface area contributed by atoms with E-state index in [-0.39, 0.29) is 70.8 Å². The molecule has 1 aliphatic heterocycles. The first kappa shape index (κ1) is 40.5. The Hall–Kier alpha value is -3.30. The molecule has 0 saturated carbocycles. The van der Waals surface area contributed by atoms with Crippen molar-refractivity contribution in [2.75, 3.05) is 24.6 Å². The monoisotopic (exact) mass is 753 g/mol. The number of carbonyl (C=O) groups excluding carboxylic acids is 1. The fourth-order valence-electron chi connectivity index (χ4n) is 5.66. The number of rotatable bonds is 9. The molecule has 0 N–H and O–H groups in total. The van der Waals surface area contributed by atoms with Crippen LogP contribution in [0.15, 0.2) is 17.2 Å². The van der Waals surface area contributed by atoms with Crippen molar-refractivity contribution in [1.29, 1.82) is 0 Å². The maximum atomic E-state index is 15.4. The molecule has 3 aromatic rings. The van der Waals surface area contributed by atoms with Crippen molar-refractivity contribution in [2.24, 2.45) is 0 Å². The van der Waals surface area contributed by atoms with E-state index in [0.717, 1.165) is 10.6 Å². The molecule has 1 fully saturated rings. The number of anilines is 1. The van der Waals surface area contributed by atoms with Gasteiger partial charge in [0.05, 0.1) is 29.1 Å². The molecule has 0 radical (unpaired) electrons. The van der Waals surface area contributed by atoms with Crippen molar-refractivity contribution in [3.05, 3.63) is 45.2 Å². The number of amides is 1. The summed E-state index contributed by atoms with van der Waals surface area (Å²) >= 11 is 6.23. The van der Waals surface area contributed by atoms with E-state index in [2.05, 4.69) is 19.9 Å². The molecule has 11 nitrogen and oxygen atoms in total. The summed E-state index contributed by atoms with van der Waals surface area (Å²) in [6, 6.07) is 0.436. The van der Waals surface area contributed by atoms with Gasteiger partial charge >= 0.3 is 11.8 Å². The van der Waals surface area contributed by atoms with Crippen LogP contribution >= 0.6 is 11.6 Å². The molecule has 0 bridgehead atoms. The predicted octanol–water partition coefficient (Wildman–Crippen LogP) is 7.91. The lowest BCUT2D eigenvalue weighted by atomic mass is 10.0. The van der Waals surface area contributed by atoms with Crippen LogP contribution in [0.1, 0.15) is 93.0 Å². The minimum atomic E-state index is -3.19. The van der Waals surface area contributed by atoms with E-state index in [0.29, 0.717) is 5.69 Å². The predicted molar refractivity (Wildman–Crippen MR) is 195 cm³/mol. The second-order valence-corrected chi connectivity index (χ2v) is 21.4. The highest BCUT2D eigenvalue weighted by molar-refractivity contribution is 6.74. The third-order valence-electron chi connectivity index (χ3n) is 9.52. The number of nitrogens with zero attached hydrogens (tertiary/aromatic N) is 7. The molecule has 0 aliphatic carbocycles. The van der Waals surface area contributed by atoms with Crippen molar-refractivity contribution in [2.45, 2.75) is 130 Å². The number of aryl methyl sites for hydroxylation is 1. The number of halogens is 4. The highest BCUT2D eigenvalue weighted by atomic mass is 35.5. The van der Waals surface area contributed by atoms with Crippen molar-refractivity contribution in [3.8, 4) is 5.69 Å². The minimum absolute atomic E-state index is 0.0307. The zero-order valence-electron chi connectivity index (χ0n) is 31.7. The number of hydrogen-bond acceptors (Lipinski definition) is 9. The van der Waals surface area contributed by atoms with Gasteiger partial charge < -0.3 is 19.0 Å². The van der Waals surface area contributed by atoms with Crippen LogP contribution in [-0.4, -0.2) is 87.1 Å². The van der Waals surface area contributed by atoms with Gasteiger partial charge in [-0.3, -0.25) is 0 Å². The van der Waals surface area contributed by atoms with Crippen molar-refractivity contribution in [1.82, 2.24) is 29.4 Å². The summed E-state index contributed by atoms with van der Waals surface area (Å²) in [4.78, 5) is 48.2. The SMILES string of the molecule is CC(C)c1ncnc(CCC(F)(F)CO[Si](C)(C)C(C)(C)C)c1-n1c(=O)nc(N2C[C@@H](C)N(C(=O)OC(C)(C)C)C[C@@H]2C)c2cc(F)c(Cl)nc21. The van der Waals surface area contributed by atoms with E-state index in [1.807, 2.05) is 66.5 Å². The number of hydrogen-bond donors (Lipinski definition) is 0. The minimum Gasteiger partial charge on any atom is -0.444 e. The van der Waals surface area contributed by atoms with Gasteiger partial charge in [0, 0.05) is 31.6 Å². The van der Waals surface area contributed by atoms with Gasteiger partial charge in [0.2, 0.25) is 0 Å². The summed E-state index contributed by atoms with van der Waals surface area (Å²) in [6.07, 6.45) is -0.0244. The topological polar surface area (TPSA) is 116 Å². The Bertz CT molecular complexity index is 1830. The summed E-state index contributed by atoms with van der Waals surface area (Å²) in [5, 5.41) is -0.562. The quantitative estimate of drug-likeness (QED) is 0.159. The Balaban J connectivity index is 1.81. The van der Waals surface area contributed by atoms with Crippen LogP contribution < -0.4 is 10.6 Å². The average Bonchev–Trinajstić information content (AvgIpc) is 2.99. The van der Waals surface area contributed by atoms with Crippen molar-refractivity contribution >= 4 is 42.9 Å². The second-order valence-electron chi connectivity index (χ2n) is 16.3. The van der Waals surface area contributed by atoms with Gasteiger partial charge in [-0.1, -0.05) is 46.2 Å². The van der Waals surface area contributed by atoms with E-state index >= 15 is 13.2 Å². The largest absolute Gasteiger partial charge is 0.444 e. The Labute approximate surface area is 304 Å². The van der Waals surface area contributed by atoms with Crippen LogP contribution in [-0.2, 0) is 15.6 Å². The summed E-state index contributed by atoms with van der Waals surface area (Å²) in [5.74, 6) is -4.15. The van der Waals surface area contributed by atoms with E-state index < -0.39 is 55.6 Å². The zero-order chi connectivity index (χ0) is 38.4. The lowest BCUT2D eigenvalue weighted by Gasteiger charge is -2.44. The molecule has 282 valence electrons. The van der Waals surface area contributed by atoms with Crippen molar-refractivity contribution in [3.63, 3.8) is 0 Å². The second kappa shape index (κ2) is 14.6. The van der Waals surface area contributed by atoms with Gasteiger partial charge in [-0.2, -0.15) is 4.98 Å². The van der Waals surface area contributed by atoms with Gasteiger partial charge in [0.1, 0.15) is 17.7 Å². The third-order valence-corrected chi connectivity index (χ3v) is 14.3. The zero-order valence-corrected chi connectivity index (χ0v) is 33.5. The molecular formula is C35H51ClF3N7O4Si. The molecule has 0 aromatic carbocycles. The van der Waals surface area contributed by atoms with Gasteiger partial charge in [-0.05, 0) is 71.2 Å². The molecule has 1 saturated heterocycles. The van der Waals surface area contributed by atoms with Crippen LogP contribution in [0.25, 0.3) is 16.7 Å². The van der Waals surface area contributed by atoms with Crippen LogP contribution in [0, 0.1) is 5.82 Å². The maximum Gasteiger partial charge on any atom is 0.410 e. The molecule has 0 spiro atoms. The van der Waals surface area contributed by atoms with Gasteiger partial charge in [-0.25, -0.2) is 42.3 Å². The summed E-state index contributed by atoms with van der Waals surface area (Å²) in [6.45, 7) is 22.3. The summed E-state index contributed by atoms with van der Waals surface area (Å²) in [5.41, 5.74) is -0.799. The normalized spacial score (nSPS) is 17.8. The molecular weight excluding hydrogens is 703 g/mol. The Morgan fingerprint density at radius 2 is 1.71 bits per heavy atom. The lowest BCUT2D eigenvalue weighted by molar-refractivity contribution is -0.0514.